The third-order valence-electron chi connectivity index (χ3n) is 1.44. The predicted molar refractivity (Wildman–Crippen MR) is 54.9 cm³/mol. The van der Waals surface area contributed by atoms with Gasteiger partial charge in [-0.2, -0.15) is 0 Å². The summed E-state index contributed by atoms with van der Waals surface area (Å²) in [7, 11) is -3.10. The number of thiol groups is 1. The normalized spacial score (nSPS) is 13.7. The van der Waals surface area contributed by atoms with Crippen molar-refractivity contribution in [3.63, 3.8) is 0 Å². The molecule has 0 fully saturated rings. The van der Waals surface area contributed by atoms with E-state index in [1.807, 2.05) is 0 Å². The van der Waals surface area contributed by atoms with Crippen molar-refractivity contribution in [1.82, 2.24) is 4.31 Å². The maximum absolute atomic E-state index is 11.4. The summed E-state index contributed by atoms with van der Waals surface area (Å²) in [6, 6.07) is -0.819. The van der Waals surface area contributed by atoms with Crippen molar-refractivity contribution in [2.45, 2.75) is 39.3 Å². The molecular formula is C8H17NO5S. The number of aliphatic hydroxyl groups is 1. The Labute approximate surface area is 90.9 Å². The monoisotopic (exact) mass is 239 g/mol. The molecule has 0 unspecified atom stereocenters. The van der Waals surface area contributed by atoms with Gasteiger partial charge in [-0.15, -0.1) is 0 Å². The Bertz CT molecular complexity index is 286. The Morgan fingerprint density at radius 1 is 1.47 bits per heavy atom. The van der Waals surface area contributed by atoms with Crippen molar-refractivity contribution in [3.8, 4) is 0 Å². The van der Waals surface area contributed by atoms with Gasteiger partial charge in [-0.05, 0) is 27.7 Å². The van der Waals surface area contributed by atoms with E-state index in [0.717, 1.165) is 0 Å². The van der Waals surface area contributed by atoms with Crippen molar-refractivity contribution in [2.24, 2.45) is 0 Å². The molecule has 1 N–H and O–H groups in total. The van der Waals surface area contributed by atoms with Crippen LogP contribution in [0.2, 0.25) is 0 Å². The van der Waals surface area contributed by atoms with Crippen molar-refractivity contribution < 1.29 is 23.1 Å². The molecule has 0 saturated heterocycles. The number of hydrogen-bond acceptors (Lipinski definition) is 5. The number of carbonyl (C=O) groups is 1. The van der Waals surface area contributed by atoms with Gasteiger partial charge in [-0.25, -0.2) is 17.5 Å². The molecule has 0 aliphatic rings. The summed E-state index contributed by atoms with van der Waals surface area (Å²) in [6.45, 7) is 5.86. The van der Waals surface area contributed by atoms with Crippen LogP contribution < -0.4 is 0 Å². The summed E-state index contributed by atoms with van der Waals surface area (Å²) in [5, 5.41) is 8.78. The van der Waals surface area contributed by atoms with Gasteiger partial charge in [-0.1, -0.05) is 0 Å². The van der Waals surface area contributed by atoms with Crippen molar-refractivity contribution in [2.75, 3.05) is 6.61 Å². The second kappa shape index (κ2) is 5.32. The highest BCUT2D eigenvalue weighted by Gasteiger charge is 2.27. The van der Waals surface area contributed by atoms with Crippen LogP contribution in [0, 0.1) is 0 Å². The molecule has 0 aliphatic carbocycles. The summed E-state index contributed by atoms with van der Waals surface area (Å²) in [6.07, 6.45) is -0.972. The highest BCUT2D eigenvalue weighted by Crippen LogP contribution is 2.11. The van der Waals surface area contributed by atoms with Crippen LogP contribution in [0.4, 0.5) is 4.79 Å². The van der Waals surface area contributed by atoms with Gasteiger partial charge in [0.05, 0.1) is 12.6 Å². The van der Waals surface area contributed by atoms with E-state index in [1.165, 1.54) is 6.92 Å². The van der Waals surface area contributed by atoms with Crippen LogP contribution in [0.25, 0.3) is 0 Å². The molecule has 0 aromatic heterocycles. The zero-order valence-electron chi connectivity index (χ0n) is 9.26. The Morgan fingerprint density at radius 3 is 2.20 bits per heavy atom. The van der Waals surface area contributed by atoms with Crippen LogP contribution in [0.5, 0.6) is 0 Å². The topological polar surface area (TPSA) is 83.9 Å². The van der Waals surface area contributed by atoms with Crippen LogP contribution in [-0.2, 0) is 15.6 Å². The van der Waals surface area contributed by atoms with Crippen LogP contribution in [-0.4, -0.2) is 42.2 Å². The van der Waals surface area contributed by atoms with E-state index in [1.54, 1.807) is 20.8 Å². The maximum atomic E-state index is 11.4. The Balaban J connectivity index is 4.73. The van der Waals surface area contributed by atoms with E-state index < -0.39 is 35.2 Å². The fourth-order valence-corrected chi connectivity index (χ4v) is 1.36. The molecule has 0 aliphatic heterocycles. The van der Waals surface area contributed by atoms with Crippen LogP contribution in [0.1, 0.15) is 27.7 Å². The zero-order chi connectivity index (χ0) is 12.2. The Hall–Kier alpha value is -0.820. The lowest BCUT2D eigenvalue weighted by atomic mass is 10.2. The van der Waals surface area contributed by atoms with Crippen molar-refractivity contribution in [1.29, 1.82) is 0 Å². The lowest BCUT2D eigenvalue weighted by Crippen LogP contribution is -2.42. The number of hydrogen-bond donors (Lipinski definition) is 2. The standard InChI is InChI=1S/C8H17NO5S/c1-6(5-10)9(15(12)13)7(11)14-8(2,3)4/h6,10,15H,5H2,1-4H3/t6-/m0/s1. The lowest BCUT2D eigenvalue weighted by Gasteiger charge is -2.26. The summed E-state index contributed by atoms with van der Waals surface area (Å²) >= 11 is 0. The van der Waals surface area contributed by atoms with E-state index in [-0.39, 0.29) is 0 Å². The van der Waals surface area contributed by atoms with Gasteiger partial charge in [0, 0.05) is 0 Å². The van der Waals surface area contributed by atoms with Gasteiger partial charge >= 0.3 is 6.09 Å². The number of amides is 1. The fraction of sp³-hybridized carbons (Fsp3) is 0.875. The number of nitrogens with zero attached hydrogens (tertiary/aromatic N) is 1. The van der Waals surface area contributed by atoms with E-state index in [4.69, 9.17) is 9.84 Å². The quantitative estimate of drug-likeness (QED) is 0.684. The molecule has 0 aromatic carbocycles. The smallest absolute Gasteiger partial charge is 0.424 e. The summed E-state index contributed by atoms with van der Waals surface area (Å²) < 4.78 is 26.9. The lowest BCUT2D eigenvalue weighted by molar-refractivity contribution is 0.0315. The average molecular weight is 239 g/mol. The van der Waals surface area contributed by atoms with Crippen molar-refractivity contribution in [3.05, 3.63) is 0 Å². The van der Waals surface area contributed by atoms with Gasteiger partial charge < -0.3 is 9.84 Å². The molecule has 0 rings (SSSR count). The van der Waals surface area contributed by atoms with E-state index >= 15 is 0 Å². The largest absolute Gasteiger partial charge is 0.443 e. The molecule has 0 radical (unpaired) electrons. The average Bonchev–Trinajstić information content (AvgIpc) is 1.99. The summed E-state index contributed by atoms with van der Waals surface area (Å²) in [5.74, 6) is 0. The number of aliphatic hydroxyl groups excluding tert-OH is 1. The zero-order valence-corrected chi connectivity index (χ0v) is 10.2. The number of rotatable bonds is 3. The molecule has 7 heteroatoms. The first-order valence-electron chi connectivity index (χ1n) is 4.46. The minimum atomic E-state index is -3.10. The Morgan fingerprint density at radius 2 is 1.93 bits per heavy atom. The Kier molecular flexibility index (Phi) is 5.02. The van der Waals surface area contributed by atoms with E-state index in [2.05, 4.69) is 0 Å². The molecule has 15 heavy (non-hydrogen) atoms. The molecule has 0 bridgehead atoms. The molecule has 1 atom stereocenters. The second-order valence-electron chi connectivity index (χ2n) is 4.09. The third-order valence-corrected chi connectivity index (χ3v) is 2.35. The van der Waals surface area contributed by atoms with Crippen LogP contribution in [0.3, 0.4) is 0 Å². The molecule has 0 saturated carbocycles. The number of carbonyl (C=O) groups excluding carboxylic acids is 1. The maximum Gasteiger partial charge on any atom is 0.424 e. The highest BCUT2D eigenvalue weighted by atomic mass is 32.2. The van der Waals surface area contributed by atoms with Gasteiger partial charge in [0.1, 0.15) is 5.60 Å². The van der Waals surface area contributed by atoms with Gasteiger partial charge in [0.15, 0.2) is 0 Å². The van der Waals surface area contributed by atoms with Gasteiger partial charge in [0.2, 0.25) is 10.9 Å². The predicted octanol–water partition coefficient (Wildman–Crippen LogP) is 0.131. The minimum Gasteiger partial charge on any atom is -0.443 e. The first-order valence-corrected chi connectivity index (χ1v) is 5.59. The third kappa shape index (κ3) is 4.98. The van der Waals surface area contributed by atoms with Crippen molar-refractivity contribution >= 4 is 17.0 Å². The van der Waals surface area contributed by atoms with Gasteiger partial charge in [0.25, 0.3) is 0 Å². The molecule has 90 valence electrons. The first-order chi connectivity index (χ1) is 6.69. The van der Waals surface area contributed by atoms with E-state index in [0.29, 0.717) is 4.31 Å². The molecule has 0 heterocycles. The molecule has 0 aromatic rings. The first kappa shape index (κ1) is 14.2. The van der Waals surface area contributed by atoms with Crippen LogP contribution in [0.15, 0.2) is 0 Å². The highest BCUT2D eigenvalue weighted by molar-refractivity contribution is 7.70. The fourth-order valence-electron chi connectivity index (χ4n) is 0.794. The summed E-state index contributed by atoms with van der Waals surface area (Å²) in [5.41, 5.74) is -0.768. The molecular weight excluding hydrogens is 222 g/mol. The molecule has 0 spiro atoms. The SMILES string of the molecule is C[C@@H](CO)N(C(=O)OC(C)(C)C)[SH](=O)=O. The molecule has 1 amide bonds. The second-order valence-corrected chi connectivity index (χ2v) is 5.00. The van der Waals surface area contributed by atoms with E-state index in [9.17, 15) is 13.2 Å². The minimum absolute atomic E-state index is 0.442. The summed E-state index contributed by atoms with van der Waals surface area (Å²) in [4.78, 5) is 11.4. The van der Waals surface area contributed by atoms with Crippen LogP contribution >= 0.6 is 0 Å². The number of ether oxygens (including phenoxy) is 1. The van der Waals surface area contributed by atoms with Gasteiger partial charge in [-0.3, -0.25) is 0 Å². The molecule has 6 nitrogen and oxygen atoms in total.